The second-order valence-corrected chi connectivity index (χ2v) is 4.46. The molecule has 0 unspecified atom stereocenters. The summed E-state index contributed by atoms with van der Waals surface area (Å²) in [4.78, 5) is 0. The predicted molar refractivity (Wildman–Crippen MR) is 78.0 cm³/mol. The highest BCUT2D eigenvalue weighted by Gasteiger charge is 1.98. The minimum atomic E-state index is 0.555. The van der Waals surface area contributed by atoms with Gasteiger partial charge in [-0.1, -0.05) is 37.3 Å². The number of ether oxygens (including phenoxy) is 2. The topological polar surface area (TPSA) is 18.5 Å². The highest BCUT2D eigenvalue weighted by Crippen LogP contribution is 2.16. The van der Waals surface area contributed by atoms with Gasteiger partial charge < -0.3 is 9.47 Å². The molecule has 0 amide bonds. The van der Waals surface area contributed by atoms with Gasteiger partial charge in [-0.15, -0.1) is 0 Å². The third-order valence-corrected chi connectivity index (χ3v) is 3.03. The average Bonchev–Trinajstić information content (AvgIpc) is 2.46. The van der Waals surface area contributed by atoms with Crippen LogP contribution in [0.3, 0.4) is 0 Å². The van der Waals surface area contributed by atoms with Crippen molar-refractivity contribution >= 4 is 0 Å². The number of rotatable bonds is 6. The molecule has 0 N–H and O–H groups in total. The van der Waals surface area contributed by atoms with Gasteiger partial charge in [-0.2, -0.15) is 0 Å². The van der Waals surface area contributed by atoms with Crippen molar-refractivity contribution in [3.8, 4) is 11.5 Å². The molecular formula is C17H20O2. The second-order valence-electron chi connectivity index (χ2n) is 4.46. The van der Waals surface area contributed by atoms with Crippen molar-refractivity contribution in [2.24, 2.45) is 0 Å². The van der Waals surface area contributed by atoms with E-state index in [9.17, 15) is 0 Å². The zero-order valence-corrected chi connectivity index (χ0v) is 11.6. The van der Waals surface area contributed by atoms with Crippen LogP contribution < -0.4 is 9.47 Å². The third-order valence-electron chi connectivity index (χ3n) is 3.03. The number of aryl methyl sites for hydroxylation is 2. The zero-order valence-electron chi connectivity index (χ0n) is 11.6. The van der Waals surface area contributed by atoms with Gasteiger partial charge in [-0.05, 0) is 42.7 Å². The monoisotopic (exact) mass is 256 g/mol. The third kappa shape index (κ3) is 4.02. The first kappa shape index (κ1) is 13.5. The summed E-state index contributed by atoms with van der Waals surface area (Å²) in [7, 11) is 0. The molecule has 0 radical (unpaired) electrons. The first-order chi connectivity index (χ1) is 9.29. The molecule has 0 heterocycles. The molecule has 100 valence electrons. The molecule has 2 heteroatoms. The van der Waals surface area contributed by atoms with E-state index in [-0.39, 0.29) is 0 Å². The van der Waals surface area contributed by atoms with Gasteiger partial charge in [0.05, 0.1) is 0 Å². The Morgan fingerprint density at radius 1 is 0.842 bits per heavy atom. The fourth-order valence-electron chi connectivity index (χ4n) is 1.85. The minimum Gasteiger partial charge on any atom is -0.490 e. The van der Waals surface area contributed by atoms with E-state index < -0.39 is 0 Å². The van der Waals surface area contributed by atoms with Crippen molar-refractivity contribution in [1.29, 1.82) is 0 Å². The molecule has 0 aromatic heterocycles. The largest absolute Gasteiger partial charge is 0.490 e. The fourth-order valence-corrected chi connectivity index (χ4v) is 1.85. The first-order valence-corrected chi connectivity index (χ1v) is 6.69. The van der Waals surface area contributed by atoms with Crippen LogP contribution in [0.25, 0.3) is 0 Å². The van der Waals surface area contributed by atoms with E-state index in [0.717, 1.165) is 23.5 Å². The maximum atomic E-state index is 5.68. The Labute approximate surface area is 115 Å². The van der Waals surface area contributed by atoms with Crippen molar-refractivity contribution in [2.45, 2.75) is 20.3 Å². The molecule has 0 spiro atoms. The van der Waals surface area contributed by atoms with Crippen LogP contribution in [-0.4, -0.2) is 13.2 Å². The standard InChI is InChI=1S/C17H20O2/c1-3-15-8-10-16(11-9-15)18-12-13-19-17-7-5-4-6-14(17)2/h4-11H,3,12-13H2,1-2H3. The molecule has 2 aromatic carbocycles. The Hall–Kier alpha value is -1.96. The van der Waals surface area contributed by atoms with Gasteiger partial charge in [-0.3, -0.25) is 0 Å². The molecule has 0 fully saturated rings. The lowest BCUT2D eigenvalue weighted by Gasteiger charge is -2.10. The summed E-state index contributed by atoms with van der Waals surface area (Å²) in [5.41, 5.74) is 2.47. The lowest BCUT2D eigenvalue weighted by Crippen LogP contribution is -2.09. The Kier molecular flexibility index (Phi) is 4.85. The Morgan fingerprint density at radius 2 is 1.53 bits per heavy atom. The van der Waals surface area contributed by atoms with E-state index in [1.807, 2.05) is 43.3 Å². The SMILES string of the molecule is CCc1ccc(OCCOc2ccccc2C)cc1. The van der Waals surface area contributed by atoms with Crippen LogP contribution in [0, 0.1) is 6.92 Å². The molecule has 2 aromatic rings. The zero-order chi connectivity index (χ0) is 13.5. The molecule has 0 aliphatic carbocycles. The molecular weight excluding hydrogens is 236 g/mol. The highest BCUT2D eigenvalue weighted by atomic mass is 16.5. The van der Waals surface area contributed by atoms with Crippen LogP contribution in [-0.2, 0) is 6.42 Å². The number of hydrogen-bond donors (Lipinski definition) is 0. The maximum absolute atomic E-state index is 5.68. The van der Waals surface area contributed by atoms with Gasteiger partial charge in [0.2, 0.25) is 0 Å². The minimum absolute atomic E-state index is 0.555. The van der Waals surface area contributed by atoms with Gasteiger partial charge in [-0.25, -0.2) is 0 Å². The summed E-state index contributed by atoms with van der Waals surface area (Å²) in [6.07, 6.45) is 1.05. The van der Waals surface area contributed by atoms with Crippen molar-refractivity contribution < 1.29 is 9.47 Å². The first-order valence-electron chi connectivity index (χ1n) is 6.69. The normalized spacial score (nSPS) is 10.2. The Balaban J connectivity index is 1.76. The summed E-state index contributed by atoms with van der Waals surface area (Å²) in [5.74, 6) is 1.82. The van der Waals surface area contributed by atoms with Crippen LogP contribution in [0.4, 0.5) is 0 Å². The lowest BCUT2D eigenvalue weighted by molar-refractivity contribution is 0.216. The van der Waals surface area contributed by atoms with E-state index in [4.69, 9.17) is 9.47 Å². The van der Waals surface area contributed by atoms with Crippen molar-refractivity contribution in [3.05, 3.63) is 59.7 Å². The summed E-state index contributed by atoms with van der Waals surface area (Å²) < 4.78 is 11.3. The van der Waals surface area contributed by atoms with Crippen molar-refractivity contribution in [3.63, 3.8) is 0 Å². The predicted octanol–water partition coefficient (Wildman–Crippen LogP) is 4.02. The Morgan fingerprint density at radius 3 is 2.21 bits per heavy atom. The smallest absolute Gasteiger partial charge is 0.122 e. The van der Waals surface area contributed by atoms with E-state index in [1.54, 1.807) is 0 Å². The van der Waals surface area contributed by atoms with E-state index >= 15 is 0 Å². The maximum Gasteiger partial charge on any atom is 0.122 e. The van der Waals surface area contributed by atoms with Crippen LogP contribution in [0.15, 0.2) is 48.5 Å². The number of benzene rings is 2. The van der Waals surface area contributed by atoms with Crippen LogP contribution in [0.5, 0.6) is 11.5 Å². The lowest BCUT2D eigenvalue weighted by atomic mass is 10.2. The quantitative estimate of drug-likeness (QED) is 0.727. The van der Waals surface area contributed by atoms with Crippen LogP contribution in [0.2, 0.25) is 0 Å². The van der Waals surface area contributed by atoms with Crippen molar-refractivity contribution in [1.82, 2.24) is 0 Å². The Bertz CT molecular complexity index is 503. The molecule has 0 aliphatic heterocycles. The summed E-state index contributed by atoms with van der Waals surface area (Å²) >= 11 is 0. The molecule has 0 saturated carbocycles. The average molecular weight is 256 g/mol. The van der Waals surface area contributed by atoms with Crippen LogP contribution >= 0.6 is 0 Å². The summed E-state index contributed by atoms with van der Waals surface area (Å²) in [6, 6.07) is 16.2. The summed E-state index contributed by atoms with van der Waals surface area (Å²) in [6.45, 7) is 5.30. The summed E-state index contributed by atoms with van der Waals surface area (Å²) in [5, 5.41) is 0. The van der Waals surface area contributed by atoms with E-state index in [1.165, 1.54) is 5.56 Å². The van der Waals surface area contributed by atoms with Gasteiger partial charge in [0.15, 0.2) is 0 Å². The number of hydrogen-bond acceptors (Lipinski definition) is 2. The molecule has 2 nitrogen and oxygen atoms in total. The highest BCUT2D eigenvalue weighted by molar-refractivity contribution is 5.31. The van der Waals surface area contributed by atoms with Gasteiger partial charge in [0.25, 0.3) is 0 Å². The molecule has 2 rings (SSSR count). The molecule has 19 heavy (non-hydrogen) atoms. The van der Waals surface area contributed by atoms with Gasteiger partial charge >= 0.3 is 0 Å². The molecule has 0 aliphatic rings. The van der Waals surface area contributed by atoms with Gasteiger partial charge in [0, 0.05) is 0 Å². The molecule has 0 bridgehead atoms. The second kappa shape index (κ2) is 6.83. The fraction of sp³-hybridized carbons (Fsp3) is 0.294. The van der Waals surface area contributed by atoms with Crippen molar-refractivity contribution in [2.75, 3.05) is 13.2 Å². The van der Waals surface area contributed by atoms with E-state index in [0.29, 0.717) is 13.2 Å². The van der Waals surface area contributed by atoms with Gasteiger partial charge in [0.1, 0.15) is 24.7 Å². The molecule has 0 atom stereocenters. The van der Waals surface area contributed by atoms with Crippen LogP contribution in [0.1, 0.15) is 18.1 Å². The number of para-hydroxylation sites is 1. The molecule has 0 saturated heterocycles. The van der Waals surface area contributed by atoms with E-state index in [2.05, 4.69) is 19.1 Å².